The molecule has 0 fully saturated rings. The number of aryl methyl sites for hydroxylation is 1. The minimum absolute atomic E-state index is 0.0677. The third-order valence-corrected chi connectivity index (χ3v) is 3.11. The lowest BCUT2D eigenvalue weighted by molar-refractivity contribution is 0.0661. The van der Waals surface area contributed by atoms with Crippen LogP contribution in [-0.2, 0) is 6.54 Å². The summed E-state index contributed by atoms with van der Waals surface area (Å²) in [7, 11) is 3.17. The number of ether oxygens (including phenoxy) is 2. The molecule has 0 aliphatic carbocycles. The van der Waals surface area contributed by atoms with Crippen molar-refractivity contribution >= 4 is 11.7 Å². The number of methoxy groups -OCH3 is 2. The van der Waals surface area contributed by atoms with E-state index in [2.05, 4.69) is 5.32 Å². The number of hydrogen-bond acceptors (Lipinski definition) is 5. The Kier molecular flexibility index (Phi) is 4.37. The van der Waals surface area contributed by atoms with E-state index < -0.39 is 5.97 Å². The predicted molar refractivity (Wildman–Crippen MR) is 77.3 cm³/mol. The lowest BCUT2D eigenvalue weighted by atomic mass is 10.2. The number of nitrogens with one attached hydrogen (secondary N) is 1. The summed E-state index contributed by atoms with van der Waals surface area (Å²) < 4.78 is 15.6. The van der Waals surface area contributed by atoms with Crippen molar-refractivity contribution in [2.75, 3.05) is 19.5 Å². The van der Waals surface area contributed by atoms with Crippen LogP contribution in [0.3, 0.4) is 0 Å². The van der Waals surface area contributed by atoms with Gasteiger partial charge in [-0.3, -0.25) is 0 Å². The van der Waals surface area contributed by atoms with Crippen LogP contribution in [-0.4, -0.2) is 25.3 Å². The molecule has 0 bridgehead atoms. The molecule has 0 saturated carbocycles. The van der Waals surface area contributed by atoms with E-state index in [4.69, 9.17) is 19.0 Å². The van der Waals surface area contributed by atoms with Gasteiger partial charge in [-0.25, -0.2) is 4.79 Å². The van der Waals surface area contributed by atoms with Crippen molar-refractivity contribution < 1.29 is 23.8 Å². The van der Waals surface area contributed by atoms with Gasteiger partial charge in [0.2, 0.25) is 5.76 Å². The van der Waals surface area contributed by atoms with Gasteiger partial charge >= 0.3 is 5.97 Å². The number of anilines is 1. The first-order chi connectivity index (χ1) is 10.0. The molecule has 0 aliphatic heterocycles. The summed E-state index contributed by atoms with van der Waals surface area (Å²) in [5.74, 6) is 0.802. The molecule has 2 rings (SSSR count). The van der Waals surface area contributed by atoms with E-state index >= 15 is 0 Å². The highest BCUT2D eigenvalue weighted by atomic mass is 16.5. The molecule has 1 aromatic carbocycles. The maximum atomic E-state index is 10.9. The van der Waals surface area contributed by atoms with Crippen LogP contribution in [0, 0.1) is 6.92 Å². The summed E-state index contributed by atoms with van der Waals surface area (Å²) in [6.07, 6.45) is 0. The molecule has 0 unspecified atom stereocenters. The van der Waals surface area contributed by atoms with E-state index in [9.17, 15) is 4.79 Å². The molecule has 0 amide bonds. The molecular formula is C15H17NO5. The largest absolute Gasteiger partial charge is 0.497 e. The van der Waals surface area contributed by atoms with Gasteiger partial charge in [-0.05, 0) is 25.1 Å². The predicted octanol–water partition coefficient (Wildman–Crippen LogP) is 2.92. The Morgan fingerprint density at radius 1 is 1.29 bits per heavy atom. The summed E-state index contributed by atoms with van der Waals surface area (Å²) in [5.41, 5.74) is 1.53. The molecule has 21 heavy (non-hydrogen) atoms. The van der Waals surface area contributed by atoms with Gasteiger partial charge in [0.05, 0.1) is 19.9 Å². The summed E-state index contributed by atoms with van der Waals surface area (Å²) in [4.78, 5) is 10.9. The molecule has 0 radical (unpaired) electrons. The Morgan fingerprint density at radius 2 is 2.05 bits per heavy atom. The number of aromatic carboxylic acids is 1. The van der Waals surface area contributed by atoms with Gasteiger partial charge in [0.25, 0.3) is 0 Å². The highest BCUT2D eigenvalue weighted by molar-refractivity contribution is 5.84. The summed E-state index contributed by atoms with van der Waals surface area (Å²) in [6, 6.07) is 6.92. The van der Waals surface area contributed by atoms with E-state index in [0.29, 0.717) is 23.8 Å². The number of carbonyl (C=O) groups is 1. The molecule has 6 nitrogen and oxygen atoms in total. The normalized spacial score (nSPS) is 10.2. The monoisotopic (exact) mass is 291 g/mol. The number of carboxylic acid groups (broad SMARTS) is 1. The molecule has 0 spiro atoms. The van der Waals surface area contributed by atoms with Crippen molar-refractivity contribution in [1.29, 1.82) is 0 Å². The highest BCUT2D eigenvalue weighted by Crippen LogP contribution is 2.29. The Balaban J connectivity index is 2.17. The zero-order valence-electron chi connectivity index (χ0n) is 12.1. The minimum atomic E-state index is -1.08. The van der Waals surface area contributed by atoms with Crippen molar-refractivity contribution in [3.8, 4) is 11.5 Å². The quantitative estimate of drug-likeness (QED) is 0.851. The topological polar surface area (TPSA) is 80.9 Å². The van der Waals surface area contributed by atoms with Gasteiger partial charge in [-0.15, -0.1) is 0 Å². The number of carboxylic acids is 1. The van der Waals surface area contributed by atoms with Gasteiger partial charge < -0.3 is 24.3 Å². The van der Waals surface area contributed by atoms with Crippen molar-refractivity contribution in [2.45, 2.75) is 13.5 Å². The maximum absolute atomic E-state index is 10.9. The molecule has 0 aliphatic rings. The molecule has 0 atom stereocenters. The standard InChI is InChI=1S/C15H17NO5/c1-9-10(6-14(21-9)15(17)18)8-16-12-7-11(19-2)4-5-13(12)20-3/h4-7,16H,8H2,1-3H3,(H,17,18). The smallest absolute Gasteiger partial charge is 0.371 e. The van der Waals surface area contributed by atoms with Crippen LogP contribution >= 0.6 is 0 Å². The second-order valence-electron chi connectivity index (χ2n) is 4.42. The van der Waals surface area contributed by atoms with Gasteiger partial charge in [0.15, 0.2) is 0 Å². The molecule has 1 aromatic heterocycles. The van der Waals surface area contributed by atoms with E-state index in [1.54, 1.807) is 33.3 Å². The van der Waals surface area contributed by atoms with Crippen LogP contribution < -0.4 is 14.8 Å². The van der Waals surface area contributed by atoms with Crippen molar-refractivity contribution in [1.82, 2.24) is 0 Å². The first-order valence-corrected chi connectivity index (χ1v) is 6.33. The molecule has 2 N–H and O–H groups in total. The molecular weight excluding hydrogens is 274 g/mol. The summed E-state index contributed by atoms with van der Waals surface area (Å²) in [5, 5.41) is 12.1. The van der Waals surface area contributed by atoms with E-state index in [-0.39, 0.29) is 5.76 Å². The zero-order chi connectivity index (χ0) is 15.4. The van der Waals surface area contributed by atoms with E-state index in [1.165, 1.54) is 6.07 Å². The van der Waals surface area contributed by atoms with Crippen LogP contribution in [0.2, 0.25) is 0 Å². The Morgan fingerprint density at radius 3 is 2.62 bits per heavy atom. The van der Waals surface area contributed by atoms with Crippen LogP contribution in [0.4, 0.5) is 5.69 Å². The average molecular weight is 291 g/mol. The van der Waals surface area contributed by atoms with Gasteiger partial charge in [-0.2, -0.15) is 0 Å². The van der Waals surface area contributed by atoms with Gasteiger partial charge in [0.1, 0.15) is 17.3 Å². The molecule has 1 heterocycles. The fourth-order valence-electron chi connectivity index (χ4n) is 1.94. The Labute approximate surface area is 122 Å². The van der Waals surface area contributed by atoms with Crippen LogP contribution in [0.1, 0.15) is 21.9 Å². The second-order valence-corrected chi connectivity index (χ2v) is 4.42. The lowest BCUT2D eigenvalue weighted by Crippen LogP contribution is -2.02. The highest BCUT2D eigenvalue weighted by Gasteiger charge is 2.13. The SMILES string of the molecule is COc1ccc(OC)c(NCc2cc(C(=O)O)oc2C)c1. The summed E-state index contributed by atoms with van der Waals surface area (Å²) >= 11 is 0. The Hall–Kier alpha value is -2.63. The van der Waals surface area contributed by atoms with Crippen LogP contribution in [0.5, 0.6) is 11.5 Å². The fraction of sp³-hybridized carbons (Fsp3) is 0.267. The van der Waals surface area contributed by atoms with E-state index in [1.807, 2.05) is 6.07 Å². The number of rotatable bonds is 6. The Bertz CT molecular complexity index is 648. The molecule has 0 saturated heterocycles. The lowest BCUT2D eigenvalue weighted by Gasteiger charge is -2.12. The number of benzene rings is 1. The molecule has 112 valence electrons. The third-order valence-electron chi connectivity index (χ3n) is 3.11. The third kappa shape index (κ3) is 3.28. The van der Waals surface area contributed by atoms with Gasteiger partial charge in [-0.1, -0.05) is 0 Å². The number of furan rings is 1. The van der Waals surface area contributed by atoms with Crippen LogP contribution in [0.15, 0.2) is 28.7 Å². The van der Waals surface area contributed by atoms with Crippen molar-refractivity contribution in [3.05, 3.63) is 41.3 Å². The summed E-state index contributed by atoms with van der Waals surface area (Å²) in [6.45, 7) is 2.15. The maximum Gasteiger partial charge on any atom is 0.371 e. The average Bonchev–Trinajstić information content (AvgIpc) is 2.86. The van der Waals surface area contributed by atoms with Crippen LogP contribution in [0.25, 0.3) is 0 Å². The van der Waals surface area contributed by atoms with Crippen molar-refractivity contribution in [3.63, 3.8) is 0 Å². The fourth-order valence-corrected chi connectivity index (χ4v) is 1.94. The van der Waals surface area contributed by atoms with Crippen molar-refractivity contribution in [2.24, 2.45) is 0 Å². The minimum Gasteiger partial charge on any atom is -0.497 e. The zero-order valence-corrected chi connectivity index (χ0v) is 12.1. The number of hydrogen-bond donors (Lipinski definition) is 2. The molecule has 2 aromatic rings. The molecule has 6 heteroatoms. The second kappa shape index (κ2) is 6.21. The first-order valence-electron chi connectivity index (χ1n) is 6.33. The van der Waals surface area contributed by atoms with E-state index in [0.717, 1.165) is 11.3 Å². The first kappa shape index (κ1) is 14.8. The van der Waals surface area contributed by atoms with Gasteiger partial charge in [0, 0.05) is 18.2 Å².